The van der Waals surface area contributed by atoms with Crippen LogP contribution in [0.15, 0.2) is 102 Å². The van der Waals surface area contributed by atoms with E-state index in [9.17, 15) is 18.0 Å². The number of amides is 2. The first-order chi connectivity index (χ1) is 24.7. The lowest BCUT2D eigenvalue weighted by atomic mass is 9.99. The molecule has 1 N–H and O–H groups in total. The zero-order valence-electron chi connectivity index (χ0n) is 29.2. The Hall–Kier alpha value is -4.97. The molecular weight excluding hydrogens is 665 g/mol. The SMILES string of the molecule is COc1ccc(C(CCCNS(=O)(=O)C=Cc2ccccc2)N2C(=O)c3cccc(N4CCN([C@H](C)c5ccccc5)CC4)c3C2=O)cc1OC. The fourth-order valence-electron chi connectivity index (χ4n) is 6.92. The van der Waals surface area contributed by atoms with E-state index in [4.69, 9.17) is 9.47 Å². The Kier molecular flexibility index (Phi) is 11.2. The Bertz CT molecular complexity index is 1980. The fraction of sp³-hybridized carbons (Fsp3) is 0.300. The molecule has 266 valence electrons. The van der Waals surface area contributed by atoms with E-state index in [2.05, 4.69) is 45.7 Å². The maximum atomic E-state index is 14.4. The van der Waals surface area contributed by atoms with Crippen molar-refractivity contribution in [2.75, 3.05) is 51.8 Å². The van der Waals surface area contributed by atoms with Crippen LogP contribution in [-0.2, 0) is 10.0 Å². The lowest BCUT2D eigenvalue weighted by Crippen LogP contribution is -2.47. The van der Waals surface area contributed by atoms with Crippen molar-refractivity contribution in [1.82, 2.24) is 14.5 Å². The normalized spacial score (nSPS) is 16.4. The first-order valence-electron chi connectivity index (χ1n) is 17.2. The number of nitrogens with one attached hydrogen (secondary N) is 1. The molecule has 0 radical (unpaired) electrons. The number of ether oxygens (including phenoxy) is 2. The standard InChI is InChI=1S/C40H44N4O6S/c1-29(31-14-8-5-9-15-31)42-23-25-43(26-24-42)35-17-10-16-33-38(35)40(46)44(39(33)45)34(32-19-20-36(49-2)37(28-32)50-3)18-11-22-41-51(47,48)27-21-30-12-6-4-7-13-30/h4-10,12-17,19-21,27-29,34,41H,11,18,22-26H2,1-3H3/t29-,34?/m1/s1. The maximum absolute atomic E-state index is 14.4. The van der Waals surface area contributed by atoms with Crippen molar-refractivity contribution in [3.05, 3.63) is 130 Å². The van der Waals surface area contributed by atoms with E-state index in [0.717, 1.165) is 29.7 Å². The summed E-state index contributed by atoms with van der Waals surface area (Å²) in [5, 5.41) is 1.14. The molecule has 1 unspecified atom stereocenters. The van der Waals surface area contributed by atoms with E-state index in [-0.39, 0.29) is 24.4 Å². The molecule has 2 heterocycles. The monoisotopic (exact) mass is 708 g/mol. The quantitative estimate of drug-likeness (QED) is 0.120. The second-order valence-corrected chi connectivity index (χ2v) is 14.4. The lowest BCUT2D eigenvalue weighted by Gasteiger charge is -2.39. The lowest BCUT2D eigenvalue weighted by molar-refractivity contribution is 0.0572. The number of carbonyl (C=O) groups excluding carboxylic acids is 2. The molecule has 1 saturated heterocycles. The van der Waals surface area contributed by atoms with E-state index in [0.29, 0.717) is 54.1 Å². The van der Waals surface area contributed by atoms with Gasteiger partial charge in [-0.1, -0.05) is 72.8 Å². The van der Waals surface area contributed by atoms with Crippen LogP contribution < -0.4 is 19.1 Å². The van der Waals surface area contributed by atoms with Crippen LogP contribution in [0.3, 0.4) is 0 Å². The number of sulfonamides is 1. The van der Waals surface area contributed by atoms with Crippen LogP contribution in [0.2, 0.25) is 0 Å². The Balaban J connectivity index is 1.21. The van der Waals surface area contributed by atoms with Gasteiger partial charge in [-0.2, -0.15) is 0 Å². The highest BCUT2D eigenvalue weighted by Gasteiger charge is 2.43. The molecule has 4 aromatic rings. The van der Waals surface area contributed by atoms with Crippen molar-refractivity contribution >= 4 is 33.6 Å². The van der Waals surface area contributed by atoms with Crippen LogP contribution in [0, 0.1) is 0 Å². The average Bonchev–Trinajstić information content (AvgIpc) is 3.43. The van der Waals surface area contributed by atoms with Crippen molar-refractivity contribution in [3.8, 4) is 11.5 Å². The number of fused-ring (bicyclic) bond motifs is 1. The Morgan fingerprint density at radius 2 is 1.47 bits per heavy atom. The van der Waals surface area contributed by atoms with Gasteiger partial charge >= 0.3 is 0 Å². The number of hydrogen-bond acceptors (Lipinski definition) is 8. The van der Waals surface area contributed by atoms with Gasteiger partial charge in [0.05, 0.1) is 37.1 Å². The molecule has 10 nitrogen and oxygen atoms in total. The smallest absolute Gasteiger partial charge is 0.264 e. The number of imide groups is 1. The minimum absolute atomic E-state index is 0.116. The number of carbonyl (C=O) groups is 2. The molecule has 51 heavy (non-hydrogen) atoms. The van der Waals surface area contributed by atoms with E-state index in [1.54, 1.807) is 25.3 Å². The fourth-order valence-corrected chi connectivity index (χ4v) is 7.78. The van der Waals surface area contributed by atoms with Gasteiger partial charge < -0.3 is 14.4 Å². The molecule has 11 heteroatoms. The third-order valence-corrected chi connectivity index (χ3v) is 10.8. The summed E-state index contributed by atoms with van der Waals surface area (Å²) in [6.07, 6.45) is 2.21. The zero-order chi connectivity index (χ0) is 36.0. The number of anilines is 1. The highest BCUT2D eigenvalue weighted by Crippen LogP contribution is 2.40. The summed E-state index contributed by atoms with van der Waals surface area (Å²) < 4.78 is 39.1. The maximum Gasteiger partial charge on any atom is 0.264 e. The molecule has 0 aliphatic carbocycles. The minimum Gasteiger partial charge on any atom is -0.493 e. The number of benzene rings is 4. The molecule has 2 aliphatic heterocycles. The predicted molar refractivity (Wildman–Crippen MR) is 200 cm³/mol. The molecule has 2 atom stereocenters. The van der Waals surface area contributed by atoms with Crippen LogP contribution in [-0.4, -0.2) is 77.0 Å². The molecule has 0 bridgehead atoms. The molecule has 1 fully saturated rings. The van der Waals surface area contributed by atoms with Crippen molar-refractivity contribution in [2.45, 2.75) is 31.8 Å². The topological polar surface area (TPSA) is 108 Å². The zero-order valence-corrected chi connectivity index (χ0v) is 30.0. The number of nitrogens with zero attached hydrogens (tertiary/aromatic N) is 3. The summed E-state index contributed by atoms with van der Waals surface area (Å²) in [6.45, 7) is 5.39. The minimum atomic E-state index is -3.71. The first kappa shape index (κ1) is 35.8. The van der Waals surface area contributed by atoms with Gasteiger partial charge in [-0.3, -0.25) is 19.4 Å². The average molecular weight is 709 g/mol. The van der Waals surface area contributed by atoms with Gasteiger partial charge in [-0.05, 0) is 66.8 Å². The van der Waals surface area contributed by atoms with Crippen LogP contribution in [0.5, 0.6) is 11.5 Å². The third-order valence-electron chi connectivity index (χ3n) is 9.71. The van der Waals surface area contributed by atoms with Gasteiger partial charge in [-0.25, -0.2) is 13.1 Å². The molecule has 0 spiro atoms. The van der Waals surface area contributed by atoms with Gasteiger partial charge in [0, 0.05) is 44.2 Å². The van der Waals surface area contributed by atoms with Gasteiger partial charge in [-0.15, -0.1) is 0 Å². The van der Waals surface area contributed by atoms with Gasteiger partial charge in [0.2, 0.25) is 10.0 Å². The molecule has 6 rings (SSSR count). The summed E-state index contributed by atoms with van der Waals surface area (Å²) >= 11 is 0. The summed E-state index contributed by atoms with van der Waals surface area (Å²) in [5.74, 6) is 0.242. The van der Waals surface area contributed by atoms with Crippen LogP contribution in [0.1, 0.15) is 69.3 Å². The number of methoxy groups -OCH3 is 2. The predicted octanol–water partition coefficient (Wildman–Crippen LogP) is 6.29. The Morgan fingerprint density at radius 3 is 2.16 bits per heavy atom. The van der Waals surface area contributed by atoms with Crippen molar-refractivity contribution in [1.29, 1.82) is 0 Å². The Morgan fingerprint density at radius 1 is 0.784 bits per heavy atom. The molecule has 4 aromatic carbocycles. The second kappa shape index (κ2) is 15.9. The molecule has 0 saturated carbocycles. The highest BCUT2D eigenvalue weighted by atomic mass is 32.2. The Labute approximate surface area is 300 Å². The second-order valence-electron chi connectivity index (χ2n) is 12.7. The third kappa shape index (κ3) is 8.01. The summed E-state index contributed by atoms with van der Waals surface area (Å²) in [6, 6.07) is 30.0. The van der Waals surface area contributed by atoms with E-state index in [1.165, 1.54) is 23.6 Å². The first-order valence-corrected chi connectivity index (χ1v) is 18.7. The van der Waals surface area contributed by atoms with E-state index >= 15 is 0 Å². The van der Waals surface area contributed by atoms with Gasteiger partial charge in [0.25, 0.3) is 11.8 Å². The number of rotatable bonds is 14. The summed E-state index contributed by atoms with van der Waals surface area (Å²) in [4.78, 5) is 34.5. The summed E-state index contributed by atoms with van der Waals surface area (Å²) in [5.41, 5.74) is 4.24. The van der Waals surface area contributed by atoms with Crippen molar-refractivity contribution in [2.24, 2.45) is 0 Å². The summed E-state index contributed by atoms with van der Waals surface area (Å²) in [7, 11) is -0.640. The highest BCUT2D eigenvalue weighted by molar-refractivity contribution is 7.92. The van der Waals surface area contributed by atoms with E-state index in [1.807, 2.05) is 54.6 Å². The molecule has 0 aromatic heterocycles. The molecule has 2 amide bonds. The van der Waals surface area contributed by atoms with Crippen LogP contribution in [0.25, 0.3) is 6.08 Å². The molecular formula is C40H44N4O6S. The van der Waals surface area contributed by atoms with Crippen molar-refractivity contribution in [3.63, 3.8) is 0 Å². The van der Waals surface area contributed by atoms with Crippen LogP contribution in [0.4, 0.5) is 5.69 Å². The largest absolute Gasteiger partial charge is 0.493 e. The molecule has 2 aliphatic rings. The van der Waals surface area contributed by atoms with Gasteiger partial charge in [0.1, 0.15) is 0 Å². The van der Waals surface area contributed by atoms with E-state index < -0.39 is 16.1 Å². The van der Waals surface area contributed by atoms with Crippen LogP contribution >= 0.6 is 0 Å². The number of hydrogen-bond donors (Lipinski definition) is 1. The number of piperazine rings is 1. The van der Waals surface area contributed by atoms with Gasteiger partial charge in [0.15, 0.2) is 11.5 Å². The van der Waals surface area contributed by atoms with Crippen molar-refractivity contribution < 1.29 is 27.5 Å².